The largest absolute Gasteiger partial charge is 0.397 e. The van der Waals surface area contributed by atoms with Gasteiger partial charge in [-0.2, -0.15) is 0 Å². The van der Waals surface area contributed by atoms with Crippen LogP contribution < -0.4 is 11.1 Å². The zero-order chi connectivity index (χ0) is 16.0. The number of hydrogen-bond donors (Lipinski definition) is 2. The van der Waals surface area contributed by atoms with Crippen molar-refractivity contribution in [2.45, 2.75) is 6.10 Å². The van der Waals surface area contributed by atoms with Gasteiger partial charge in [-0.15, -0.1) is 0 Å². The van der Waals surface area contributed by atoms with Gasteiger partial charge in [-0.3, -0.25) is 14.9 Å². The lowest BCUT2D eigenvalue weighted by molar-refractivity contribution is -0.384. The maximum atomic E-state index is 12.0. The Bertz CT molecular complexity index is 538. The third-order valence-electron chi connectivity index (χ3n) is 2.75. The maximum absolute atomic E-state index is 12.0. The Morgan fingerprint density at radius 2 is 2.19 bits per heavy atom. The first-order valence-corrected chi connectivity index (χ1v) is 6.31. The number of hydrogen-bond acceptors (Lipinski definition) is 6. The molecule has 0 aliphatic rings. The summed E-state index contributed by atoms with van der Waals surface area (Å²) in [5.74, 6) is -0.573. The molecule has 0 radical (unpaired) electrons. The predicted octanol–water partition coefficient (Wildman–Crippen LogP) is 1.22. The molecule has 0 aromatic heterocycles. The number of non-ortho nitro benzene ring substituents is 1. The van der Waals surface area contributed by atoms with Gasteiger partial charge in [0, 0.05) is 32.9 Å². The molecule has 1 rings (SSSR count). The average Bonchev–Trinajstić information content (AvgIpc) is 2.45. The second-order valence-electron chi connectivity index (χ2n) is 4.17. The van der Waals surface area contributed by atoms with Crippen molar-refractivity contribution in [3.63, 3.8) is 0 Å². The first-order valence-electron chi connectivity index (χ1n) is 5.94. The topological polar surface area (TPSA) is 117 Å². The zero-order valence-corrected chi connectivity index (χ0v) is 12.3. The molecular formula is C12H16ClN3O5. The van der Waals surface area contributed by atoms with Gasteiger partial charge in [0.05, 0.1) is 33.9 Å². The van der Waals surface area contributed by atoms with Gasteiger partial charge in [0.1, 0.15) is 0 Å². The highest BCUT2D eigenvalue weighted by atomic mass is 35.5. The molecule has 1 amide bonds. The third kappa shape index (κ3) is 4.55. The Labute approximate surface area is 126 Å². The van der Waals surface area contributed by atoms with Gasteiger partial charge in [0.15, 0.2) is 0 Å². The molecule has 8 nitrogen and oxygen atoms in total. The number of amides is 1. The number of benzene rings is 1. The lowest BCUT2D eigenvalue weighted by Crippen LogP contribution is -2.35. The number of carbonyl (C=O) groups excluding carboxylic acids is 1. The van der Waals surface area contributed by atoms with Crippen LogP contribution in [0.3, 0.4) is 0 Å². The Kier molecular flexibility index (Phi) is 6.35. The van der Waals surface area contributed by atoms with E-state index in [9.17, 15) is 14.9 Å². The van der Waals surface area contributed by atoms with Crippen molar-refractivity contribution < 1.29 is 19.2 Å². The van der Waals surface area contributed by atoms with E-state index in [4.69, 9.17) is 26.8 Å². The van der Waals surface area contributed by atoms with Gasteiger partial charge in [0.25, 0.3) is 11.6 Å². The zero-order valence-electron chi connectivity index (χ0n) is 11.6. The Morgan fingerprint density at radius 3 is 2.71 bits per heavy atom. The fraction of sp³-hybridized carbons (Fsp3) is 0.417. The van der Waals surface area contributed by atoms with E-state index in [1.165, 1.54) is 14.2 Å². The van der Waals surface area contributed by atoms with Gasteiger partial charge in [-0.25, -0.2) is 0 Å². The number of methoxy groups -OCH3 is 2. The number of nitrogens with zero attached hydrogens (tertiary/aromatic N) is 1. The summed E-state index contributed by atoms with van der Waals surface area (Å²) in [7, 11) is 2.99. The summed E-state index contributed by atoms with van der Waals surface area (Å²) in [5, 5.41) is 13.3. The molecule has 0 aliphatic carbocycles. The Morgan fingerprint density at radius 1 is 1.52 bits per heavy atom. The third-order valence-corrected chi connectivity index (χ3v) is 3.06. The highest BCUT2D eigenvalue weighted by molar-refractivity contribution is 6.34. The minimum absolute atomic E-state index is 0.0134. The van der Waals surface area contributed by atoms with Crippen LogP contribution in [0.15, 0.2) is 12.1 Å². The van der Waals surface area contributed by atoms with Crippen molar-refractivity contribution >= 4 is 28.9 Å². The van der Waals surface area contributed by atoms with E-state index >= 15 is 0 Å². The average molecular weight is 318 g/mol. The number of nitrogens with one attached hydrogen (secondary N) is 1. The Balaban J connectivity index is 2.89. The molecule has 1 aromatic rings. The lowest BCUT2D eigenvalue weighted by Gasteiger charge is -2.15. The second-order valence-corrected chi connectivity index (χ2v) is 4.58. The fourth-order valence-electron chi connectivity index (χ4n) is 1.59. The summed E-state index contributed by atoms with van der Waals surface area (Å²) in [4.78, 5) is 22.2. The van der Waals surface area contributed by atoms with E-state index < -0.39 is 10.8 Å². The summed E-state index contributed by atoms with van der Waals surface area (Å²) in [5.41, 5.74) is 5.31. The molecule has 0 heterocycles. The molecule has 9 heteroatoms. The number of nitro groups is 1. The molecular weight excluding hydrogens is 302 g/mol. The van der Waals surface area contributed by atoms with E-state index in [1.54, 1.807) is 0 Å². The summed E-state index contributed by atoms with van der Waals surface area (Å²) in [6.07, 6.45) is -0.339. The molecule has 21 heavy (non-hydrogen) atoms. The van der Waals surface area contributed by atoms with E-state index in [0.717, 1.165) is 12.1 Å². The molecule has 0 saturated carbocycles. The molecule has 0 saturated heterocycles. The van der Waals surface area contributed by atoms with Crippen LogP contribution in [0.1, 0.15) is 10.4 Å². The van der Waals surface area contributed by atoms with Gasteiger partial charge >= 0.3 is 0 Å². The fourth-order valence-corrected chi connectivity index (χ4v) is 1.81. The van der Waals surface area contributed by atoms with Crippen LogP contribution in [-0.2, 0) is 9.47 Å². The van der Waals surface area contributed by atoms with Gasteiger partial charge in [0.2, 0.25) is 0 Å². The number of nitrogens with two attached hydrogens (primary N) is 1. The first-order chi connectivity index (χ1) is 9.90. The SMILES string of the molecule is COCC(CNC(=O)c1cc([N+](=O)[O-])cc(Cl)c1N)OC. The smallest absolute Gasteiger partial charge is 0.271 e. The highest BCUT2D eigenvalue weighted by Gasteiger charge is 2.19. The minimum Gasteiger partial charge on any atom is -0.397 e. The van der Waals surface area contributed by atoms with Crippen molar-refractivity contribution in [2.24, 2.45) is 0 Å². The number of carbonyl (C=O) groups is 1. The normalized spacial score (nSPS) is 12.0. The number of nitro benzene ring substituents is 1. The number of rotatable bonds is 7. The van der Waals surface area contributed by atoms with Crippen molar-refractivity contribution in [1.82, 2.24) is 5.32 Å². The summed E-state index contributed by atoms with van der Waals surface area (Å²) in [6, 6.07) is 2.17. The van der Waals surface area contributed by atoms with Crippen LogP contribution in [0.25, 0.3) is 0 Å². The van der Waals surface area contributed by atoms with Crippen molar-refractivity contribution in [1.29, 1.82) is 0 Å². The van der Waals surface area contributed by atoms with E-state index in [0.29, 0.717) is 6.61 Å². The van der Waals surface area contributed by atoms with Crippen LogP contribution in [0.4, 0.5) is 11.4 Å². The minimum atomic E-state index is -0.648. The molecule has 3 N–H and O–H groups in total. The number of anilines is 1. The molecule has 0 spiro atoms. The monoisotopic (exact) mass is 317 g/mol. The van der Waals surface area contributed by atoms with Crippen LogP contribution in [0.5, 0.6) is 0 Å². The first kappa shape index (κ1) is 17.2. The van der Waals surface area contributed by atoms with Gasteiger partial charge in [-0.05, 0) is 0 Å². The molecule has 0 aliphatic heterocycles. The van der Waals surface area contributed by atoms with E-state index in [2.05, 4.69) is 5.32 Å². The van der Waals surface area contributed by atoms with Crippen molar-refractivity contribution in [2.75, 3.05) is 33.1 Å². The van der Waals surface area contributed by atoms with E-state index in [1.807, 2.05) is 0 Å². The Hall–Kier alpha value is -1.90. The molecule has 0 bridgehead atoms. The van der Waals surface area contributed by atoms with Gasteiger partial charge in [-0.1, -0.05) is 11.6 Å². The molecule has 116 valence electrons. The summed E-state index contributed by atoms with van der Waals surface area (Å²) in [6.45, 7) is 0.463. The molecule has 1 unspecified atom stereocenters. The van der Waals surface area contributed by atoms with Crippen LogP contribution >= 0.6 is 11.6 Å². The number of ether oxygens (including phenoxy) is 2. The standard InChI is InChI=1S/C12H16ClN3O5/c1-20-6-8(21-2)5-15-12(17)9-3-7(16(18)19)4-10(13)11(9)14/h3-4,8H,5-6,14H2,1-2H3,(H,15,17). The second kappa shape index (κ2) is 7.77. The lowest BCUT2D eigenvalue weighted by atomic mass is 10.1. The highest BCUT2D eigenvalue weighted by Crippen LogP contribution is 2.28. The number of halogens is 1. The molecule has 1 aromatic carbocycles. The molecule has 0 fully saturated rings. The van der Waals surface area contributed by atoms with Crippen molar-refractivity contribution in [3.05, 3.63) is 32.8 Å². The van der Waals surface area contributed by atoms with Crippen LogP contribution in [0, 0.1) is 10.1 Å². The summed E-state index contributed by atoms with van der Waals surface area (Å²) < 4.78 is 10.0. The summed E-state index contributed by atoms with van der Waals surface area (Å²) >= 11 is 5.79. The van der Waals surface area contributed by atoms with Gasteiger partial charge < -0.3 is 20.5 Å². The predicted molar refractivity (Wildman–Crippen MR) is 77.5 cm³/mol. The maximum Gasteiger partial charge on any atom is 0.271 e. The van der Waals surface area contributed by atoms with E-state index in [-0.39, 0.29) is 34.6 Å². The number of nitrogen functional groups attached to an aromatic ring is 1. The van der Waals surface area contributed by atoms with Crippen molar-refractivity contribution in [3.8, 4) is 0 Å². The van der Waals surface area contributed by atoms with Crippen LogP contribution in [-0.4, -0.2) is 44.3 Å². The van der Waals surface area contributed by atoms with Crippen LogP contribution in [0.2, 0.25) is 5.02 Å². The molecule has 1 atom stereocenters. The quantitative estimate of drug-likeness (QED) is 0.443.